The molecule has 0 saturated carbocycles. The van der Waals surface area contributed by atoms with Gasteiger partial charge in [-0.3, -0.25) is 9.69 Å². The molecule has 0 radical (unpaired) electrons. The summed E-state index contributed by atoms with van der Waals surface area (Å²) in [6, 6.07) is 6.34. The van der Waals surface area contributed by atoms with Crippen LogP contribution >= 0.6 is 0 Å². The Bertz CT molecular complexity index is 505. The molecule has 0 unspecified atom stereocenters. The van der Waals surface area contributed by atoms with Gasteiger partial charge in [-0.15, -0.1) is 0 Å². The van der Waals surface area contributed by atoms with Crippen LogP contribution in [-0.4, -0.2) is 35.7 Å². The van der Waals surface area contributed by atoms with Crippen molar-refractivity contribution < 1.29 is 14.6 Å². The minimum absolute atomic E-state index is 0.166. The molecule has 1 aromatic carbocycles. The van der Waals surface area contributed by atoms with Gasteiger partial charge in [0, 0.05) is 6.54 Å². The van der Waals surface area contributed by atoms with E-state index in [1.165, 1.54) is 11.1 Å². The van der Waals surface area contributed by atoms with E-state index in [0.717, 1.165) is 38.2 Å². The normalized spacial score (nSPS) is 16.9. The second-order valence-corrected chi connectivity index (χ2v) is 6.34. The lowest BCUT2D eigenvalue weighted by molar-refractivity contribution is -0.143. The van der Waals surface area contributed by atoms with Gasteiger partial charge in [0.2, 0.25) is 0 Å². The van der Waals surface area contributed by atoms with E-state index in [1.54, 1.807) is 0 Å². The molecule has 1 N–H and O–H groups in total. The third-order valence-electron chi connectivity index (χ3n) is 4.38. The summed E-state index contributed by atoms with van der Waals surface area (Å²) in [6.45, 7) is 9.70. The summed E-state index contributed by atoms with van der Waals surface area (Å²) in [4.78, 5) is 13.4. The smallest absolute Gasteiger partial charge is 0.306 e. The van der Waals surface area contributed by atoms with Crippen LogP contribution < -0.4 is 4.74 Å². The van der Waals surface area contributed by atoms with Crippen molar-refractivity contribution in [2.45, 2.75) is 46.1 Å². The average molecular weight is 305 g/mol. The molecule has 4 nitrogen and oxygen atoms in total. The highest BCUT2D eigenvalue weighted by atomic mass is 16.5. The summed E-state index contributed by atoms with van der Waals surface area (Å²) in [5.41, 5.74) is 2.65. The number of piperidine rings is 1. The predicted octanol–water partition coefficient (Wildman–Crippen LogP) is 3.51. The molecule has 1 fully saturated rings. The molecule has 1 aromatic rings. The van der Waals surface area contributed by atoms with Crippen LogP contribution in [0.25, 0.3) is 0 Å². The Hall–Kier alpha value is -1.55. The van der Waals surface area contributed by atoms with E-state index in [1.807, 2.05) is 13.0 Å². The SMILES string of the molecule is CCOc1ccc(CN2CCC(C(=O)O)CC2)c(C(C)C)c1. The Morgan fingerprint density at radius 3 is 2.59 bits per heavy atom. The van der Waals surface area contributed by atoms with E-state index < -0.39 is 5.97 Å². The quantitative estimate of drug-likeness (QED) is 0.874. The van der Waals surface area contributed by atoms with Crippen molar-refractivity contribution >= 4 is 5.97 Å². The molecule has 0 aromatic heterocycles. The Labute approximate surface area is 133 Å². The van der Waals surface area contributed by atoms with Crippen molar-refractivity contribution in [1.82, 2.24) is 4.90 Å². The predicted molar refractivity (Wildman–Crippen MR) is 87.3 cm³/mol. The van der Waals surface area contributed by atoms with Crippen LogP contribution in [0, 0.1) is 5.92 Å². The van der Waals surface area contributed by atoms with Gasteiger partial charge in [0.1, 0.15) is 5.75 Å². The van der Waals surface area contributed by atoms with Crippen LogP contribution in [0.15, 0.2) is 18.2 Å². The molecule has 1 aliphatic rings. The van der Waals surface area contributed by atoms with Crippen LogP contribution in [0.1, 0.15) is 50.7 Å². The third kappa shape index (κ3) is 4.23. The fourth-order valence-corrected chi connectivity index (χ4v) is 3.09. The van der Waals surface area contributed by atoms with Crippen molar-refractivity contribution in [2.24, 2.45) is 5.92 Å². The van der Waals surface area contributed by atoms with E-state index in [0.29, 0.717) is 12.5 Å². The molecular weight excluding hydrogens is 278 g/mol. The Morgan fingerprint density at radius 1 is 1.36 bits per heavy atom. The standard InChI is InChI=1S/C18H27NO3/c1-4-22-16-6-5-15(17(11-16)13(2)3)12-19-9-7-14(8-10-19)18(20)21/h5-6,11,13-14H,4,7-10,12H2,1-3H3,(H,20,21). The van der Waals surface area contributed by atoms with Gasteiger partial charge in [-0.2, -0.15) is 0 Å². The van der Waals surface area contributed by atoms with Crippen LogP contribution in [0.3, 0.4) is 0 Å². The van der Waals surface area contributed by atoms with Gasteiger partial charge in [-0.1, -0.05) is 19.9 Å². The van der Waals surface area contributed by atoms with Crippen LogP contribution in [0.4, 0.5) is 0 Å². The highest BCUT2D eigenvalue weighted by Gasteiger charge is 2.24. The number of benzene rings is 1. The fourth-order valence-electron chi connectivity index (χ4n) is 3.09. The van der Waals surface area contributed by atoms with Crippen molar-refractivity contribution in [1.29, 1.82) is 0 Å². The topological polar surface area (TPSA) is 49.8 Å². The van der Waals surface area contributed by atoms with Crippen LogP contribution in [-0.2, 0) is 11.3 Å². The fraction of sp³-hybridized carbons (Fsp3) is 0.611. The zero-order chi connectivity index (χ0) is 16.1. The lowest BCUT2D eigenvalue weighted by Gasteiger charge is -2.31. The van der Waals surface area contributed by atoms with Crippen molar-refractivity contribution in [3.63, 3.8) is 0 Å². The molecule has 1 aliphatic heterocycles. The van der Waals surface area contributed by atoms with Crippen molar-refractivity contribution in [3.8, 4) is 5.75 Å². The van der Waals surface area contributed by atoms with Gasteiger partial charge < -0.3 is 9.84 Å². The highest BCUT2D eigenvalue weighted by molar-refractivity contribution is 5.70. The maximum absolute atomic E-state index is 11.0. The number of carboxylic acids is 1. The summed E-state index contributed by atoms with van der Waals surface area (Å²) in [7, 11) is 0. The number of nitrogens with zero attached hydrogens (tertiary/aromatic N) is 1. The molecule has 2 rings (SSSR count). The number of rotatable bonds is 6. The zero-order valence-corrected chi connectivity index (χ0v) is 13.8. The average Bonchev–Trinajstić information content (AvgIpc) is 2.49. The first-order chi connectivity index (χ1) is 10.5. The number of carbonyl (C=O) groups is 1. The molecule has 0 atom stereocenters. The third-order valence-corrected chi connectivity index (χ3v) is 4.38. The maximum atomic E-state index is 11.0. The molecule has 0 aliphatic carbocycles. The summed E-state index contributed by atoms with van der Waals surface area (Å²) < 4.78 is 5.60. The minimum atomic E-state index is -0.649. The van der Waals surface area contributed by atoms with Gasteiger partial charge >= 0.3 is 5.97 Å². The van der Waals surface area contributed by atoms with Gasteiger partial charge in [0.15, 0.2) is 0 Å². The van der Waals surface area contributed by atoms with Crippen LogP contribution in [0.2, 0.25) is 0 Å². The van der Waals surface area contributed by atoms with E-state index in [2.05, 4.69) is 30.9 Å². The first kappa shape index (κ1) is 16.8. The summed E-state index contributed by atoms with van der Waals surface area (Å²) in [5.74, 6) is 0.566. The second kappa shape index (κ2) is 7.63. The van der Waals surface area contributed by atoms with Gasteiger partial charge in [0.25, 0.3) is 0 Å². The molecular formula is C18H27NO3. The lowest BCUT2D eigenvalue weighted by Crippen LogP contribution is -2.36. The molecule has 4 heteroatoms. The number of aliphatic carboxylic acids is 1. The van der Waals surface area contributed by atoms with Crippen LogP contribution in [0.5, 0.6) is 5.75 Å². The van der Waals surface area contributed by atoms with Gasteiger partial charge in [-0.25, -0.2) is 0 Å². The first-order valence-corrected chi connectivity index (χ1v) is 8.22. The Morgan fingerprint density at radius 2 is 2.05 bits per heavy atom. The highest BCUT2D eigenvalue weighted by Crippen LogP contribution is 2.27. The first-order valence-electron chi connectivity index (χ1n) is 8.22. The van der Waals surface area contributed by atoms with Crippen molar-refractivity contribution in [2.75, 3.05) is 19.7 Å². The van der Waals surface area contributed by atoms with E-state index in [-0.39, 0.29) is 5.92 Å². The molecule has 1 saturated heterocycles. The van der Waals surface area contributed by atoms with Crippen molar-refractivity contribution in [3.05, 3.63) is 29.3 Å². The van der Waals surface area contributed by atoms with E-state index in [9.17, 15) is 4.79 Å². The number of hydrogen-bond donors (Lipinski definition) is 1. The number of hydrogen-bond acceptors (Lipinski definition) is 3. The second-order valence-electron chi connectivity index (χ2n) is 6.34. The Balaban J connectivity index is 2.05. The Kier molecular flexibility index (Phi) is 5.83. The zero-order valence-electron chi connectivity index (χ0n) is 13.8. The largest absolute Gasteiger partial charge is 0.494 e. The summed E-state index contributed by atoms with van der Waals surface area (Å²) in [5, 5.41) is 9.08. The molecule has 0 spiro atoms. The number of likely N-dealkylation sites (tertiary alicyclic amines) is 1. The molecule has 1 heterocycles. The maximum Gasteiger partial charge on any atom is 0.306 e. The molecule has 122 valence electrons. The summed E-state index contributed by atoms with van der Waals surface area (Å²) in [6.07, 6.45) is 1.51. The molecule has 0 bridgehead atoms. The van der Waals surface area contributed by atoms with Gasteiger partial charge in [0.05, 0.1) is 12.5 Å². The summed E-state index contributed by atoms with van der Waals surface area (Å²) >= 11 is 0. The number of carboxylic acid groups (broad SMARTS) is 1. The number of ether oxygens (including phenoxy) is 1. The monoisotopic (exact) mass is 305 g/mol. The van der Waals surface area contributed by atoms with Gasteiger partial charge in [-0.05, 0) is 62.0 Å². The van der Waals surface area contributed by atoms with E-state index in [4.69, 9.17) is 9.84 Å². The molecule has 22 heavy (non-hydrogen) atoms. The minimum Gasteiger partial charge on any atom is -0.494 e. The molecule has 0 amide bonds. The van der Waals surface area contributed by atoms with E-state index >= 15 is 0 Å². The lowest BCUT2D eigenvalue weighted by atomic mass is 9.94.